The minimum absolute atomic E-state index is 0. The fraction of sp³-hybridized carbons (Fsp3) is 0.538. The van der Waals surface area contributed by atoms with E-state index in [0.29, 0.717) is 6.54 Å². The van der Waals surface area contributed by atoms with Crippen molar-refractivity contribution in [2.75, 3.05) is 0 Å². The Labute approximate surface area is 93.7 Å². The van der Waals surface area contributed by atoms with Crippen LogP contribution in [-0.4, -0.2) is 0 Å². The highest BCUT2D eigenvalue weighted by Gasteiger charge is 2.12. The van der Waals surface area contributed by atoms with Crippen molar-refractivity contribution < 1.29 is 4.39 Å². The maximum atomic E-state index is 12.9. The number of hydrogen-bond donors (Lipinski definition) is 1. The zero-order valence-electron chi connectivity index (χ0n) is 9.52. The molecule has 0 aliphatic carbocycles. The molecular formula is C13H24FN. The van der Waals surface area contributed by atoms with Crippen LogP contribution in [0.15, 0.2) is 18.2 Å². The lowest BCUT2D eigenvalue weighted by atomic mass is 10.1. The molecule has 1 aromatic carbocycles. The molecule has 1 N–H and O–H groups in total. The monoisotopic (exact) mass is 213 g/mol. The van der Waals surface area contributed by atoms with Gasteiger partial charge in [0.15, 0.2) is 0 Å². The summed E-state index contributed by atoms with van der Waals surface area (Å²) in [5.41, 5.74) is 1.93. The van der Waals surface area contributed by atoms with Crippen molar-refractivity contribution in [2.24, 2.45) is 0 Å². The lowest BCUT2D eigenvalue weighted by Crippen LogP contribution is -2.00. The van der Waals surface area contributed by atoms with E-state index in [4.69, 9.17) is 0 Å². The Kier molecular flexibility index (Phi) is 10.6. The first-order valence-electron chi connectivity index (χ1n) is 5.35. The van der Waals surface area contributed by atoms with Crippen LogP contribution in [0.5, 0.6) is 0 Å². The summed E-state index contributed by atoms with van der Waals surface area (Å²) in [7, 11) is 0. The van der Waals surface area contributed by atoms with Gasteiger partial charge in [-0.15, -0.1) is 0 Å². The van der Waals surface area contributed by atoms with Gasteiger partial charge in [0.2, 0.25) is 0 Å². The second-order valence-electron chi connectivity index (χ2n) is 2.48. The van der Waals surface area contributed by atoms with Crippen molar-refractivity contribution >= 4 is 0 Å². The Morgan fingerprint density at radius 3 is 2.20 bits per heavy atom. The largest absolute Gasteiger partial charge is 0.308 e. The summed E-state index contributed by atoms with van der Waals surface area (Å²) in [4.78, 5) is 0. The summed E-state index contributed by atoms with van der Waals surface area (Å²) < 4.78 is 12.9. The van der Waals surface area contributed by atoms with E-state index >= 15 is 0 Å². The average molecular weight is 213 g/mol. The van der Waals surface area contributed by atoms with Crippen LogP contribution in [0.25, 0.3) is 0 Å². The number of hydrogen-bond acceptors (Lipinski definition) is 1. The maximum Gasteiger partial charge on any atom is 0.128 e. The van der Waals surface area contributed by atoms with Gasteiger partial charge < -0.3 is 5.32 Å². The second kappa shape index (κ2) is 9.66. The zero-order chi connectivity index (χ0) is 11.0. The van der Waals surface area contributed by atoms with E-state index in [1.807, 2.05) is 33.8 Å². The topological polar surface area (TPSA) is 12.0 Å². The first-order valence-corrected chi connectivity index (χ1v) is 5.35. The Balaban J connectivity index is 0. The number of benzene rings is 1. The fourth-order valence-electron chi connectivity index (χ4n) is 1.29. The summed E-state index contributed by atoms with van der Waals surface area (Å²) in [5.74, 6) is -0.0810. The van der Waals surface area contributed by atoms with E-state index in [0.717, 1.165) is 17.7 Å². The summed E-state index contributed by atoms with van der Waals surface area (Å²) in [6, 6.07) is 5.21. The molecular weight excluding hydrogens is 189 g/mol. The highest BCUT2D eigenvalue weighted by Crippen LogP contribution is 2.17. The lowest BCUT2D eigenvalue weighted by molar-refractivity contribution is 0.608. The first-order chi connectivity index (χ1) is 6.88. The molecule has 0 unspecified atom stereocenters. The zero-order valence-corrected chi connectivity index (χ0v) is 9.52. The van der Waals surface area contributed by atoms with Gasteiger partial charge in [-0.05, 0) is 11.6 Å². The van der Waals surface area contributed by atoms with Gasteiger partial charge in [0.05, 0.1) is 0 Å². The van der Waals surface area contributed by atoms with Gasteiger partial charge in [-0.3, -0.25) is 0 Å². The van der Waals surface area contributed by atoms with Crippen molar-refractivity contribution in [1.29, 1.82) is 0 Å². The van der Waals surface area contributed by atoms with E-state index in [9.17, 15) is 4.39 Å². The van der Waals surface area contributed by atoms with Gasteiger partial charge in [0, 0.05) is 18.7 Å². The van der Waals surface area contributed by atoms with Gasteiger partial charge >= 0.3 is 0 Å². The molecule has 0 spiro atoms. The van der Waals surface area contributed by atoms with E-state index in [1.54, 1.807) is 6.07 Å². The average Bonchev–Trinajstić information content (AvgIpc) is 2.73. The van der Waals surface area contributed by atoms with Crippen molar-refractivity contribution in [3.05, 3.63) is 35.1 Å². The quantitative estimate of drug-likeness (QED) is 0.683. The standard InChI is InChI=1S/C8H8FN.2C2H6.CH4/c9-8-3-1-2-6-4-10-5-7(6)8;2*1-2;/h1-3,10H,4-5H2;2*1-2H3;1H4. The van der Waals surface area contributed by atoms with Crippen molar-refractivity contribution in [3.63, 3.8) is 0 Å². The third-order valence-electron chi connectivity index (χ3n) is 1.83. The lowest BCUT2D eigenvalue weighted by Gasteiger charge is -1.96. The second-order valence-corrected chi connectivity index (χ2v) is 2.48. The molecule has 2 heteroatoms. The van der Waals surface area contributed by atoms with Gasteiger partial charge in [-0.25, -0.2) is 4.39 Å². The molecule has 0 saturated carbocycles. The van der Waals surface area contributed by atoms with Gasteiger partial charge in [-0.2, -0.15) is 0 Å². The third-order valence-corrected chi connectivity index (χ3v) is 1.83. The van der Waals surface area contributed by atoms with Crippen LogP contribution < -0.4 is 5.32 Å². The predicted molar refractivity (Wildman–Crippen MR) is 66.4 cm³/mol. The molecule has 1 aliphatic heterocycles. The number of rotatable bonds is 0. The summed E-state index contributed by atoms with van der Waals surface area (Å²) in [6.45, 7) is 9.50. The first kappa shape index (κ1) is 16.5. The number of fused-ring (bicyclic) bond motifs is 1. The van der Waals surface area contributed by atoms with Crippen LogP contribution in [0.4, 0.5) is 4.39 Å². The number of halogens is 1. The van der Waals surface area contributed by atoms with E-state index in [1.165, 1.54) is 6.07 Å². The van der Waals surface area contributed by atoms with Crippen LogP contribution in [0.1, 0.15) is 46.2 Å². The van der Waals surface area contributed by atoms with Gasteiger partial charge in [0.25, 0.3) is 0 Å². The third kappa shape index (κ3) is 4.43. The Bertz CT molecular complexity index is 259. The van der Waals surface area contributed by atoms with Crippen LogP contribution in [0.2, 0.25) is 0 Å². The Hall–Kier alpha value is -0.890. The SMILES string of the molecule is C.CC.CC.Fc1cccc2c1CNC2. The molecule has 2 rings (SSSR count). The molecule has 88 valence electrons. The highest BCUT2D eigenvalue weighted by molar-refractivity contribution is 5.31. The van der Waals surface area contributed by atoms with Crippen LogP contribution >= 0.6 is 0 Å². The molecule has 15 heavy (non-hydrogen) atoms. The van der Waals surface area contributed by atoms with Crippen LogP contribution in [0.3, 0.4) is 0 Å². The molecule has 0 fully saturated rings. The molecule has 0 atom stereocenters. The molecule has 0 bridgehead atoms. The predicted octanol–water partition coefficient (Wildman–Crippen LogP) is 4.12. The Morgan fingerprint density at radius 1 is 1.07 bits per heavy atom. The summed E-state index contributed by atoms with van der Waals surface area (Å²) in [5, 5.41) is 3.09. The van der Waals surface area contributed by atoms with Crippen LogP contribution in [0, 0.1) is 5.82 Å². The van der Waals surface area contributed by atoms with E-state index in [2.05, 4.69) is 5.32 Å². The summed E-state index contributed by atoms with van der Waals surface area (Å²) in [6.07, 6.45) is 0. The maximum absolute atomic E-state index is 12.9. The highest BCUT2D eigenvalue weighted by atomic mass is 19.1. The van der Waals surface area contributed by atoms with E-state index < -0.39 is 0 Å². The van der Waals surface area contributed by atoms with Crippen LogP contribution in [-0.2, 0) is 13.1 Å². The molecule has 1 aliphatic rings. The minimum Gasteiger partial charge on any atom is -0.308 e. The van der Waals surface area contributed by atoms with Crippen molar-refractivity contribution in [2.45, 2.75) is 48.2 Å². The number of nitrogens with one attached hydrogen (secondary N) is 1. The molecule has 1 aromatic rings. The van der Waals surface area contributed by atoms with Gasteiger partial charge in [-0.1, -0.05) is 47.3 Å². The van der Waals surface area contributed by atoms with Crippen molar-refractivity contribution in [3.8, 4) is 0 Å². The summed E-state index contributed by atoms with van der Waals surface area (Å²) >= 11 is 0. The van der Waals surface area contributed by atoms with Gasteiger partial charge in [0.1, 0.15) is 5.82 Å². The molecule has 0 radical (unpaired) electrons. The fourth-order valence-corrected chi connectivity index (χ4v) is 1.29. The Morgan fingerprint density at radius 2 is 1.67 bits per heavy atom. The molecule has 0 aromatic heterocycles. The molecule has 1 heterocycles. The molecule has 1 nitrogen and oxygen atoms in total. The molecule has 0 amide bonds. The molecule has 0 saturated heterocycles. The van der Waals surface area contributed by atoms with Crippen molar-refractivity contribution in [1.82, 2.24) is 5.32 Å². The van der Waals surface area contributed by atoms with E-state index in [-0.39, 0.29) is 13.2 Å². The normalized spacial score (nSPS) is 11.0. The minimum atomic E-state index is -0.0810. The smallest absolute Gasteiger partial charge is 0.128 e.